The Morgan fingerprint density at radius 3 is 0.919 bits per heavy atom. The van der Waals surface area contributed by atoms with Gasteiger partial charge in [-0.1, -0.05) is 120 Å². The predicted molar refractivity (Wildman–Crippen MR) is 540 cm³/mol. The number of aromatic nitrogens is 8. The average molecular weight is 1820 g/mol. The first-order valence-electron chi connectivity index (χ1n) is 44.4. The fourth-order valence-electron chi connectivity index (χ4n) is 18.9. The van der Waals surface area contributed by atoms with Crippen LogP contribution in [0.15, 0.2) is 335 Å². The summed E-state index contributed by atoms with van der Waals surface area (Å²) in [6.07, 6.45) is 7.94. The van der Waals surface area contributed by atoms with Crippen LogP contribution < -0.4 is 38.2 Å². The van der Waals surface area contributed by atoms with Gasteiger partial charge in [-0.3, -0.25) is 76.6 Å². The number of halogens is 2. The molecule has 664 valence electrons. The van der Waals surface area contributed by atoms with E-state index in [0.717, 1.165) is 196 Å². The maximum Gasteiger partial charge on any atom is 0.255 e. The molecule has 12 aromatic carbocycles. The zero-order valence-corrected chi connectivity index (χ0v) is 75.9. The monoisotopic (exact) mass is 1820 g/mol. The number of carbonyl (C=O) groups excluding carboxylic acids is 4. The quantitative estimate of drug-likeness (QED) is 0.0962. The van der Waals surface area contributed by atoms with Gasteiger partial charge in [-0.15, -0.1) is 0 Å². The minimum atomic E-state index is -0.140. The third kappa shape index (κ3) is 16.4. The normalized spacial score (nSPS) is 13.1. The third-order valence-electron chi connectivity index (χ3n) is 25.5. The summed E-state index contributed by atoms with van der Waals surface area (Å²) in [6, 6.07) is 92.8. The Hall–Kier alpha value is -16.5. The summed E-state index contributed by atoms with van der Waals surface area (Å²) < 4.78 is 6.89. The highest BCUT2D eigenvalue weighted by Crippen LogP contribution is 2.38. The average Bonchev–Trinajstić information content (AvgIpc) is 1.03. The summed E-state index contributed by atoms with van der Waals surface area (Å²) in [6.45, 7) is 3.85. The molecule has 136 heavy (non-hydrogen) atoms. The van der Waals surface area contributed by atoms with Gasteiger partial charge in [0, 0.05) is 194 Å². The molecule has 4 aliphatic rings. The van der Waals surface area contributed by atoms with E-state index in [1.54, 1.807) is 91.1 Å². The minimum absolute atomic E-state index is 0.00377. The lowest BCUT2D eigenvalue weighted by Gasteiger charge is -2.19. The summed E-state index contributed by atoms with van der Waals surface area (Å²) in [7, 11) is 10.0. The van der Waals surface area contributed by atoms with Gasteiger partial charge in [-0.05, 0) is 282 Å². The highest BCUT2D eigenvalue weighted by molar-refractivity contribution is 6.31. The van der Waals surface area contributed by atoms with Crippen LogP contribution >= 0.6 is 23.2 Å². The molecule has 0 fully saturated rings. The van der Waals surface area contributed by atoms with Crippen molar-refractivity contribution in [3.05, 3.63) is 423 Å². The Morgan fingerprint density at radius 2 is 0.588 bits per heavy atom. The van der Waals surface area contributed by atoms with Gasteiger partial charge in [0.2, 0.25) is 0 Å². The van der Waals surface area contributed by atoms with Crippen LogP contribution in [0, 0.1) is 0 Å². The Bertz CT molecular complexity index is 8680. The third-order valence-corrected chi connectivity index (χ3v) is 26.0. The van der Waals surface area contributed by atoms with E-state index in [0.29, 0.717) is 58.5 Å². The zero-order chi connectivity index (χ0) is 93.4. The van der Waals surface area contributed by atoms with E-state index in [2.05, 4.69) is 159 Å². The van der Waals surface area contributed by atoms with Gasteiger partial charge in [-0.25, -0.2) is 0 Å². The maximum absolute atomic E-state index is 13.2. The Labute approximate surface area is 788 Å². The van der Waals surface area contributed by atoms with E-state index in [-0.39, 0.29) is 45.9 Å². The van der Waals surface area contributed by atoms with E-state index < -0.39 is 0 Å². The van der Waals surface area contributed by atoms with Crippen LogP contribution in [0.4, 0.5) is 0 Å². The second-order valence-corrected chi connectivity index (χ2v) is 35.9. The zero-order valence-electron chi connectivity index (χ0n) is 74.4. The highest BCUT2D eigenvalue weighted by Gasteiger charge is 2.28. The molecule has 0 saturated heterocycles. The first kappa shape index (κ1) is 86.2. The standard InChI is InChI=1S/C30H26N4O2.C29H24N4O2.C27H18ClN3O2.C26H16ClN3O2/c1-33(2)18-19-3-5-20(6-4-19)21-7-11-27-26(16-21)29-23(17-32-27)8-12-28(35)34(29)24-9-10-25-22(15-24)13-14-31-30(25)36;1-32(2)17-18-3-5-19(6-4-18)20-7-11-26-25(14-20)28-21(15-30-26)8-12-27(34)33(28)23-9-10-24-22(13-23)16-31-29(24)35;1-30-15-19-12-21(8-9-22(19)27(30)33)31-25(32)11-5-18-14-29-24-10-4-17(13-23(24)26(18)31)16-2-6-20(28)7-3-16;27-19-5-1-15(2-6-19)16-3-9-23-22(12-16)25-17(13-28-23)4-10-24(31)30(25)20-7-8-21-18(11-20)14-29-26(21)32/h3-12,15-17H,13-14,18H2,1-2H3,(H,31,36);3-15H,16-17H2,1-2H3,(H,31,35);2-14H,15H2,1H3;1-13H,14H2,(H,29,32). The molecular formula is C112H84Cl2N14O8. The highest BCUT2D eigenvalue weighted by atomic mass is 35.5. The SMILES string of the molecule is CN(C)Cc1ccc(-c2ccc3ncc4ccc(=O)n(-c5ccc6c(c5)CCNC6=O)c4c3c2)cc1.CN(C)Cc1ccc(-c2ccc3ncc4ccc(=O)n(-c5ccc6c(c5)CNC6=O)c4c3c2)cc1.CN1Cc2cc(-n3c(=O)ccc4cnc5ccc(-c6ccc(Cl)cc6)cc5c43)ccc2C1=O.O=C1NCc2cc(-n3c(=O)ccc4cnc5ccc(-c6ccc(Cl)cc6)cc5c43)ccc21. The van der Waals surface area contributed by atoms with Crippen molar-refractivity contribution >= 4 is 134 Å². The van der Waals surface area contributed by atoms with Gasteiger partial charge in [0.05, 0.1) is 44.1 Å². The minimum Gasteiger partial charge on any atom is -0.352 e. The molecule has 4 amide bonds. The van der Waals surface area contributed by atoms with E-state index in [9.17, 15) is 38.4 Å². The van der Waals surface area contributed by atoms with Crippen LogP contribution in [0.2, 0.25) is 10.0 Å². The maximum atomic E-state index is 13.2. The van der Waals surface area contributed by atoms with Crippen LogP contribution in [-0.4, -0.2) is 118 Å². The largest absolute Gasteiger partial charge is 0.352 e. The summed E-state index contributed by atoms with van der Waals surface area (Å²) in [5.41, 5.74) is 26.2. The van der Waals surface area contributed by atoms with Crippen LogP contribution in [-0.2, 0) is 39.1 Å². The molecule has 24 rings (SSSR count). The number of amides is 4. The lowest BCUT2D eigenvalue weighted by Crippen LogP contribution is -2.32. The number of carbonyl (C=O) groups is 4. The molecule has 0 atom stereocenters. The number of nitrogens with zero attached hydrogens (tertiary/aromatic N) is 11. The van der Waals surface area contributed by atoms with E-state index in [1.165, 1.54) is 11.1 Å². The second-order valence-electron chi connectivity index (χ2n) is 35.0. The molecule has 0 radical (unpaired) electrons. The first-order valence-corrected chi connectivity index (χ1v) is 45.2. The van der Waals surface area contributed by atoms with Crippen molar-refractivity contribution in [3.63, 3.8) is 0 Å². The molecule has 0 aliphatic carbocycles. The number of hydrogen-bond donors (Lipinski definition) is 3. The number of nitrogens with one attached hydrogen (secondary N) is 3. The molecule has 3 N–H and O–H groups in total. The number of hydrogen-bond acceptors (Lipinski definition) is 14. The van der Waals surface area contributed by atoms with Crippen molar-refractivity contribution in [2.24, 2.45) is 0 Å². The summed E-state index contributed by atoms with van der Waals surface area (Å²) in [4.78, 5) is 126. The number of pyridine rings is 8. The van der Waals surface area contributed by atoms with Crippen LogP contribution in [0.25, 0.3) is 154 Å². The fraction of sp³-hybridized carbons (Fsp3) is 0.107. The Kier molecular flexibility index (Phi) is 22.5. The molecule has 0 unspecified atom stereocenters. The van der Waals surface area contributed by atoms with Crippen LogP contribution in [0.1, 0.15) is 74.8 Å². The van der Waals surface area contributed by atoms with Gasteiger partial charge in [0.1, 0.15) is 0 Å². The summed E-state index contributed by atoms with van der Waals surface area (Å²) >= 11 is 12.1. The number of benzene rings is 12. The molecule has 0 bridgehead atoms. The molecule has 20 aromatic rings. The molecular weight excluding hydrogens is 1740 g/mol. The summed E-state index contributed by atoms with van der Waals surface area (Å²) in [5.74, 6) is -0.222. The van der Waals surface area contributed by atoms with E-state index >= 15 is 0 Å². The predicted octanol–water partition coefficient (Wildman–Crippen LogP) is 19.6. The molecule has 4 aliphatic heterocycles. The van der Waals surface area contributed by atoms with Gasteiger partial charge < -0.3 is 30.7 Å². The molecule has 12 heterocycles. The van der Waals surface area contributed by atoms with Gasteiger partial charge in [-0.2, -0.15) is 0 Å². The molecule has 22 nitrogen and oxygen atoms in total. The van der Waals surface area contributed by atoms with Crippen molar-refractivity contribution in [1.29, 1.82) is 0 Å². The van der Waals surface area contributed by atoms with Gasteiger partial charge >= 0.3 is 0 Å². The van der Waals surface area contributed by atoms with Gasteiger partial charge in [0.15, 0.2) is 0 Å². The molecule has 8 aromatic heterocycles. The number of rotatable bonds is 12. The molecule has 0 spiro atoms. The first-order chi connectivity index (χ1) is 66.0. The van der Waals surface area contributed by atoms with Crippen molar-refractivity contribution in [3.8, 4) is 67.3 Å². The van der Waals surface area contributed by atoms with Crippen LogP contribution in [0.5, 0.6) is 0 Å². The smallest absolute Gasteiger partial charge is 0.255 e. The topological polar surface area (TPSA) is 254 Å². The lowest BCUT2D eigenvalue weighted by molar-refractivity contribution is 0.0815. The second kappa shape index (κ2) is 35.6. The number of fused-ring (bicyclic) bond motifs is 16. The molecule has 24 heteroatoms. The molecule has 0 saturated carbocycles. The van der Waals surface area contributed by atoms with Crippen molar-refractivity contribution in [1.82, 2.24) is 68.9 Å². The van der Waals surface area contributed by atoms with Crippen LogP contribution in [0.3, 0.4) is 0 Å². The van der Waals surface area contributed by atoms with E-state index in [4.69, 9.17) is 23.2 Å². The Balaban J connectivity index is 0.000000109. The fourth-order valence-corrected chi connectivity index (χ4v) is 19.1. The lowest BCUT2D eigenvalue weighted by atomic mass is 9.99. The van der Waals surface area contributed by atoms with E-state index in [1.807, 2.05) is 170 Å². The van der Waals surface area contributed by atoms with Crippen molar-refractivity contribution in [2.45, 2.75) is 39.1 Å². The van der Waals surface area contributed by atoms with Crippen molar-refractivity contribution < 1.29 is 19.2 Å². The Morgan fingerprint density at radius 1 is 0.301 bits per heavy atom. The summed E-state index contributed by atoms with van der Waals surface area (Å²) in [5, 5.41) is 17.0. The van der Waals surface area contributed by atoms with Crippen molar-refractivity contribution in [2.75, 3.05) is 41.8 Å². The van der Waals surface area contributed by atoms with Gasteiger partial charge in [0.25, 0.3) is 45.9 Å².